The van der Waals surface area contributed by atoms with Gasteiger partial charge in [0.25, 0.3) is 0 Å². The minimum absolute atomic E-state index is 0.114. The van der Waals surface area contributed by atoms with Gasteiger partial charge in [0.05, 0.1) is 24.5 Å². The lowest BCUT2D eigenvalue weighted by Crippen LogP contribution is -2.70. The summed E-state index contributed by atoms with van der Waals surface area (Å²) in [6, 6.07) is 1.77. The molecule has 0 aromatic carbocycles. The van der Waals surface area contributed by atoms with Gasteiger partial charge in [0.2, 0.25) is 0 Å². The van der Waals surface area contributed by atoms with Crippen LogP contribution >= 0.6 is 0 Å². The van der Waals surface area contributed by atoms with Gasteiger partial charge >= 0.3 is 17.9 Å². The molecule has 2 aliphatic carbocycles. The van der Waals surface area contributed by atoms with Gasteiger partial charge in [-0.05, 0) is 30.7 Å². The number of esters is 3. The van der Waals surface area contributed by atoms with Crippen LogP contribution in [0.25, 0.3) is 0 Å². The zero-order chi connectivity index (χ0) is 23.6. The van der Waals surface area contributed by atoms with E-state index in [1.807, 2.05) is 6.92 Å². The standard InChI is InChI=1S/C24H28O9/c1-13-8-19(27)23(11-30-14(2)25)18(4-5-20(32-15(3)26)24(23)12-31-24)22(13)9-17(33-21(22)28)16-6-7-29-10-16/h6-7,10,13,17-18,20H,4-5,8-9,11-12H2,1-3H3/t13-,17-,18+,20-,22-,23+,24-/m0/s1. The molecule has 0 radical (unpaired) electrons. The van der Waals surface area contributed by atoms with Gasteiger partial charge < -0.3 is 23.4 Å². The fourth-order valence-electron chi connectivity index (χ4n) is 6.89. The van der Waals surface area contributed by atoms with Crippen LogP contribution in [0.5, 0.6) is 0 Å². The highest BCUT2D eigenvalue weighted by atomic mass is 16.6. The number of ether oxygens (including phenoxy) is 4. The van der Waals surface area contributed by atoms with Crippen LogP contribution in [0.1, 0.15) is 58.1 Å². The number of cyclic esters (lactones) is 1. The highest BCUT2D eigenvalue weighted by molar-refractivity contribution is 5.93. The third kappa shape index (κ3) is 2.94. The number of carbonyl (C=O) groups excluding carboxylic acids is 4. The number of furan rings is 1. The summed E-state index contributed by atoms with van der Waals surface area (Å²) in [5, 5.41) is 0. The van der Waals surface area contributed by atoms with Crippen LogP contribution in [0.2, 0.25) is 0 Å². The van der Waals surface area contributed by atoms with Crippen molar-refractivity contribution in [2.45, 2.75) is 64.3 Å². The van der Waals surface area contributed by atoms with Crippen LogP contribution in [0.4, 0.5) is 0 Å². The molecule has 1 aromatic rings. The molecule has 178 valence electrons. The Bertz CT molecular complexity index is 994. The molecule has 2 saturated carbocycles. The van der Waals surface area contributed by atoms with E-state index < -0.39 is 46.5 Å². The Labute approximate surface area is 191 Å². The van der Waals surface area contributed by atoms with Crippen molar-refractivity contribution in [3.63, 3.8) is 0 Å². The molecule has 0 bridgehead atoms. The molecule has 7 atom stereocenters. The largest absolute Gasteiger partial charge is 0.472 e. The highest BCUT2D eigenvalue weighted by Crippen LogP contribution is 2.70. The van der Waals surface area contributed by atoms with E-state index >= 15 is 0 Å². The van der Waals surface area contributed by atoms with Crippen LogP contribution < -0.4 is 0 Å². The normalized spacial score (nSPS) is 41.5. The molecule has 0 amide bonds. The number of rotatable bonds is 4. The van der Waals surface area contributed by atoms with Crippen LogP contribution in [0, 0.1) is 22.7 Å². The first-order valence-electron chi connectivity index (χ1n) is 11.4. The van der Waals surface area contributed by atoms with Gasteiger partial charge in [-0.2, -0.15) is 0 Å². The first-order chi connectivity index (χ1) is 15.7. The molecule has 3 heterocycles. The van der Waals surface area contributed by atoms with E-state index in [1.54, 1.807) is 12.3 Å². The lowest BCUT2D eigenvalue weighted by Gasteiger charge is -2.58. The Morgan fingerprint density at radius 1 is 1.18 bits per heavy atom. The zero-order valence-corrected chi connectivity index (χ0v) is 19.0. The monoisotopic (exact) mass is 460 g/mol. The summed E-state index contributed by atoms with van der Waals surface area (Å²) in [6.07, 6.45) is 3.34. The van der Waals surface area contributed by atoms with E-state index in [0.29, 0.717) is 19.3 Å². The minimum Gasteiger partial charge on any atom is -0.472 e. The van der Waals surface area contributed by atoms with Crippen LogP contribution in [0.3, 0.4) is 0 Å². The van der Waals surface area contributed by atoms with Gasteiger partial charge in [-0.15, -0.1) is 0 Å². The summed E-state index contributed by atoms with van der Waals surface area (Å²) in [6.45, 7) is 4.48. The third-order valence-corrected chi connectivity index (χ3v) is 8.41. The summed E-state index contributed by atoms with van der Waals surface area (Å²) in [4.78, 5) is 51.1. The smallest absolute Gasteiger partial charge is 0.313 e. The summed E-state index contributed by atoms with van der Waals surface area (Å²) >= 11 is 0. The maximum atomic E-state index is 13.8. The molecule has 9 nitrogen and oxygen atoms in total. The number of epoxide rings is 1. The van der Waals surface area contributed by atoms with E-state index in [9.17, 15) is 19.2 Å². The van der Waals surface area contributed by atoms with Gasteiger partial charge in [-0.3, -0.25) is 19.2 Å². The quantitative estimate of drug-likeness (QED) is 0.379. The van der Waals surface area contributed by atoms with Crippen LogP contribution in [-0.4, -0.2) is 48.6 Å². The number of ketones is 1. The average Bonchev–Trinajstić information content (AvgIpc) is 3.19. The molecule has 2 aliphatic heterocycles. The SMILES string of the molecule is CC(=O)OC[C@]12C(=O)C[C@H](C)[C@@]3(C[C@@H](c4ccoc4)OC3=O)[C@H]1CC[C@H](OC(C)=O)[C@@]21CO1. The van der Waals surface area contributed by atoms with Gasteiger partial charge in [-0.1, -0.05) is 6.92 Å². The molecule has 4 aliphatic rings. The molecular formula is C24H28O9. The van der Waals surface area contributed by atoms with Crippen molar-refractivity contribution in [2.75, 3.05) is 13.2 Å². The predicted octanol–water partition coefficient (Wildman–Crippen LogP) is 2.52. The zero-order valence-electron chi connectivity index (χ0n) is 19.0. The number of hydrogen-bond acceptors (Lipinski definition) is 9. The van der Waals surface area contributed by atoms with Crippen molar-refractivity contribution in [3.05, 3.63) is 24.2 Å². The van der Waals surface area contributed by atoms with Crippen LogP contribution in [0.15, 0.2) is 23.0 Å². The Balaban J connectivity index is 1.62. The van der Waals surface area contributed by atoms with Gasteiger partial charge in [-0.25, -0.2) is 0 Å². The average molecular weight is 460 g/mol. The topological polar surface area (TPSA) is 122 Å². The van der Waals surface area contributed by atoms with E-state index in [0.717, 1.165) is 5.56 Å². The molecule has 9 heteroatoms. The fourth-order valence-corrected chi connectivity index (χ4v) is 6.89. The molecule has 2 saturated heterocycles. The van der Waals surface area contributed by atoms with E-state index in [-0.39, 0.29) is 37.3 Å². The Morgan fingerprint density at radius 3 is 2.55 bits per heavy atom. The van der Waals surface area contributed by atoms with Crippen molar-refractivity contribution in [1.29, 1.82) is 0 Å². The molecule has 0 N–H and O–H groups in total. The lowest BCUT2D eigenvalue weighted by atomic mass is 9.42. The predicted molar refractivity (Wildman–Crippen MR) is 109 cm³/mol. The first-order valence-corrected chi connectivity index (χ1v) is 11.4. The van der Waals surface area contributed by atoms with Crippen molar-refractivity contribution in [2.24, 2.45) is 22.7 Å². The molecular weight excluding hydrogens is 432 g/mol. The summed E-state index contributed by atoms with van der Waals surface area (Å²) in [5.41, 5.74) is -2.61. The van der Waals surface area contributed by atoms with Gasteiger partial charge in [0.1, 0.15) is 35.6 Å². The second-order valence-corrected chi connectivity index (χ2v) is 9.88. The lowest BCUT2D eigenvalue weighted by molar-refractivity contribution is -0.206. The number of hydrogen-bond donors (Lipinski definition) is 0. The molecule has 2 spiro atoms. The van der Waals surface area contributed by atoms with Crippen LogP contribution in [-0.2, 0) is 38.1 Å². The summed E-state index contributed by atoms with van der Waals surface area (Å²) in [7, 11) is 0. The third-order valence-electron chi connectivity index (χ3n) is 8.41. The molecule has 0 unspecified atom stereocenters. The first kappa shape index (κ1) is 22.1. The molecule has 5 rings (SSSR count). The molecule has 33 heavy (non-hydrogen) atoms. The van der Waals surface area contributed by atoms with E-state index in [4.69, 9.17) is 23.4 Å². The highest BCUT2D eigenvalue weighted by Gasteiger charge is 2.81. The van der Waals surface area contributed by atoms with Crippen molar-refractivity contribution in [1.82, 2.24) is 0 Å². The fraction of sp³-hybridized carbons (Fsp3) is 0.667. The number of fused-ring (bicyclic) bond motifs is 3. The van der Waals surface area contributed by atoms with Crippen molar-refractivity contribution < 1.29 is 42.5 Å². The Kier molecular flexibility index (Phi) is 4.97. The minimum atomic E-state index is -1.30. The van der Waals surface area contributed by atoms with Crippen molar-refractivity contribution >= 4 is 23.7 Å². The maximum absolute atomic E-state index is 13.8. The van der Waals surface area contributed by atoms with Gasteiger partial charge in [0, 0.05) is 32.3 Å². The summed E-state index contributed by atoms with van der Waals surface area (Å²) < 4.78 is 28.1. The van der Waals surface area contributed by atoms with E-state index in [1.165, 1.54) is 20.1 Å². The molecule has 4 fully saturated rings. The van der Waals surface area contributed by atoms with E-state index in [2.05, 4.69) is 0 Å². The Hall–Kier alpha value is -2.68. The second-order valence-electron chi connectivity index (χ2n) is 9.88. The Morgan fingerprint density at radius 2 is 1.94 bits per heavy atom. The number of carbonyl (C=O) groups is 4. The summed E-state index contributed by atoms with van der Waals surface area (Å²) in [5.74, 6) is -2.24. The maximum Gasteiger partial charge on any atom is 0.313 e. The molecule has 1 aromatic heterocycles. The number of Topliss-reactive ketones (excluding diaryl/α,β-unsaturated/α-hetero) is 1. The van der Waals surface area contributed by atoms with Crippen molar-refractivity contribution in [3.8, 4) is 0 Å². The van der Waals surface area contributed by atoms with Gasteiger partial charge in [0.15, 0.2) is 0 Å². The second kappa shape index (κ2) is 7.41.